The highest BCUT2D eigenvalue weighted by Crippen LogP contribution is 2.31. The average Bonchev–Trinajstić information content (AvgIpc) is 3.31. The molecule has 4 rings (SSSR count). The molecule has 3 aromatic rings. The first-order valence-electron chi connectivity index (χ1n) is 11.0. The number of carbonyl (C=O) groups excluding carboxylic acids is 2. The Morgan fingerprint density at radius 3 is 2.71 bits per heavy atom. The van der Waals surface area contributed by atoms with Crippen LogP contribution >= 0.6 is 23.1 Å². The number of nitrogens with one attached hydrogen (secondary N) is 2. The molecule has 3 heterocycles. The molecule has 1 fully saturated rings. The van der Waals surface area contributed by atoms with E-state index in [0.29, 0.717) is 17.8 Å². The lowest BCUT2D eigenvalue weighted by molar-refractivity contribution is -0.111. The zero-order valence-corrected chi connectivity index (χ0v) is 20.5. The first-order chi connectivity index (χ1) is 16.5. The number of rotatable bonds is 8. The summed E-state index contributed by atoms with van der Waals surface area (Å²) in [4.78, 5) is 39.3. The lowest BCUT2D eigenvalue weighted by Gasteiger charge is -2.33. The fraction of sp³-hybridized carbons (Fsp3) is 0.292. The Kier molecular flexibility index (Phi) is 7.91. The zero-order valence-electron chi connectivity index (χ0n) is 18.9. The monoisotopic (exact) mass is 494 g/mol. The van der Waals surface area contributed by atoms with Crippen molar-refractivity contribution in [2.75, 3.05) is 23.7 Å². The van der Waals surface area contributed by atoms with Gasteiger partial charge in [0.05, 0.1) is 10.4 Å². The van der Waals surface area contributed by atoms with Gasteiger partial charge in [-0.2, -0.15) is 0 Å². The molecular formula is C24H26N6O2S2. The highest BCUT2D eigenvalue weighted by molar-refractivity contribution is 8.00. The number of aryl methyl sites for hydroxylation is 1. The number of nitrogens with zero attached hydrogens (tertiary/aromatic N) is 4. The van der Waals surface area contributed by atoms with E-state index in [0.717, 1.165) is 45.9 Å². The van der Waals surface area contributed by atoms with E-state index >= 15 is 0 Å². The molecule has 0 unspecified atom stereocenters. The minimum atomic E-state index is -0.281. The van der Waals surface area contributed by atoms with Gasteiger partial charge in [-0.1, -0.05) is 17.9 Å². The van der Waals surface area contributed by atoms with Gasteiger partial charge in [0.15, 0.2) is 5.13 Å². The van der Waals surface area contributed by atoms with E-state index in [9.17, 15) is 9.59 Å². The summed E-state index contributed by atoms with van der Waals surface area (Å²) in [5.41, 5.74) is 2.31. The molecule has 0 saturated carbocycles. The van der Waals surface area contributed by atoms with Crippen LogP contribution in [0.5, 0.6) is 0 Å². The number of thioether (sulfide) groups is 1. The number of aromatic nitrogens is 3. The lowest BCUT2D eigenvalue weighted by Crippen LogP contribution is -2.45. The van der Waals surface area contributed by atoms with Gasteiger partial charge in [-0.05, 0) is 55.7 Å². The maximum atomic E-state index is 13.0. The second-order valence-electron chi connectivity index (χ2n) is 7.92. The standard InChI is InChI=1S/C24H26N6O2S2/c1-3-21(31)28-19-8-6-18(7-9-19)23(32)30-10-4-5-20(14-30)29-24-27-13-22(34-24)33-15-17-11-25-16(2)26-12-17/h3,6-9,11-13,20H,1,4-5,10,14-15H2,2H3,(H,27,29)(H,28,31)/t20-/m1/s1. The van der Waals surface area contributed by atoms with Gasteiger partial charge < -0.3 is 15.5 Å². The van der Waals surface area contributed by atoms with Crippen molar-refractivity contribution in [1.29, 1.82) is 0 Å². The van der Waals surface area contributed by atoms with Crippen molar-refractivity contribution in [2.45, 2.75) is 35.8 Å². The third-order valence-electron chi connectivity index (χ3n) is 5.32. The quantitative estimate of drug-likeness (QED) is 0.354. The van der Waals surface area contributed by atoms with Gasteiger partial charge in [0.1, 0.15) is 5.82 Å². The molecule has 1 aliphatic rings. The van der Waals surface area contributed by atoms with Crippen molar-refractivity contribution in [3.8, 4) is 0 Å². The van der Waals surface area contributed by atoms with E-state index in [-0.39, 0.29) is 17.9 Å². The number of likely N-dealkylation sites (tertiary alicyclic amines) is 1. The van der Waals surface area contributed by atoms with Gasteiger partial charge in [-0.3, -0.25) is 9.59 Å². The number of carbonyl (C=O) groups is 2. The van der Waals surface area contributed by atoms with E-state index in [2.05, 4.69) is 32.2 Å². The summed E-state index contributed by atoms with van der Waals surface area (Å²) >= 11 is 3.33. The molecule has 2 aromatic heterocycles. The predicted molar refractivity (Wildman–Crippen MR) is 136 cm³/mol. The number of thiazole rings is 1. The van der Waals surface area contributed by atoms with Crippen LogP contribution in [0.4, 0.5) is 10.8 Å². The van der Waals surface area contributed by atoms with Crippen LogP contribution in [0.2, 0.25) is 0 Å². The number of amides is 2. The van der Waals surface area contributed by atoms with Crippen molar-refractivity contribution >= 4 is 45.7 Å². The van der Waals surface area contributed by atoms with E-state index in [1.807, 2.05) is 30.4 Å². The van der Waals surface area contributed by atoms with Crippen molar-refractivity contribution in [3.63, 3.8) is 0 Å². The third kappa shape index (κ3) is 6.42. The first-order valence-corrected chi connectivity index (χ1v) is 12.8. The average molecular weight is 495 g/mol. The molecule has 34 heavy (non-hydrogen) atoms. The molecule has 1 atom stereocenters. The fourth-order valence-corrected chi connectivity index (χ4v) is 5.43. The summed E-state index contributed by atoms with van der Waals surface area (Å²) in [6.45, 7) is 6.66. The highest BCUT2D eigenvalue weighted by Gasteiger charge is 2.25. The predicted octanol–water partition coefficient (Wildman–Crippen LogP) is 4.38. The van der Waals surface area contributed by atoms with Gasteiger partial charge >= 0.3 is 0 Å². The molecule has 10 heteroatoms. The molecule has 1 aromatic carbocycles. The number of hydrogen-bond acceptors (Lipinski definition) is 8. The Morgan fingerprint density at radius 2 is 1.97 bits per heavy atom. The van der Waals surface area contributed by atoms with Gasteiger partial charge in [-0.25, -0.2) is 15.0 Å². The zero-order chi connectivity index (χ0) is 23.9. The number of hydrogen-bond donors (Lipinski definition) is 2. The van der Waals surface area contributed by atoms with E-state index < -0.39 is 0 Å². The summed E-state index contributed by atoms with van der Waals surface area (Å²) in [6.07, 6.45) is 8.71. The summed E-state index contributed by atoms with van der Waals surface area (Å²) < 4.78 is 1.12. The van der Waals surface area contributed by atoms with E-state index in [1.54, 1.807) is 47.4 Å². The fourth-order valence-electron chi connectivity index (χ4n) is 3.57. The maximum absolute atomic E-state index is 13.0. The molecule has 8 nitrogen and oxygen atoms in total. The van der Waals surface area contributed by atoms with Gasteiger partial charge in [-0.15, -0.1) is 11.8 Å². The smallest absolute Gasteiger partial charge is 0.253 e. The molecule has 2 amide bonds. The lowest BCUT2D eigenvalue weighted by atomic mass is 10.0. The summed E-state index contributed by atoms with van der Waals surface area (Å²) in [7, 11) is 0. The molecule has 0 aliphatic carbocycles. The van der Waals surface area contributed by atoms with E-state index in [1.165, 1.54) is 6.08 Å². The molecule has 176 valence electrons. The van der Waals surface area contributed by atoms with Crippen LogP contribution in [-0.2, 0) is 10.5 Å². The van der Waals surface area contributed by atoms with Crippen LogP contribution in [0.3, 0.4) is 0 Å². The van der Waals surface area contributed by atoms with Crippen LogP contribution in [0.25, 0.3) is 0 Å². The van der Waals surface area contributed by atoms with Gasteiger partial charge in [0.25, 0.3) is 5.91 Å². The minimum absolute atomic E-state index is 0.0104. The summed E-state index contributed by atoms with van der Waals surface area (Å²) in [5, 5.41) is 7.05. The normalized spacial score (nSPS) is 15.6. The summed E-state index contributed by atoms with van der Waals surface area (Å²) in [5.74, 6) is 1.27. The summed E-state index contributed by atoms with van der Waals surface area (Å²) in [6, 6.07) is 7.08. The second-order valence-corrected chi connectivity index (χ2v) is 10.2. The molecule has 0 spiro atoms. The number of piperidine rings is 1. The second kappa shape index (κ2) is 11.3. The number of anilines is 2. The first kappa shape index (κ1) is 23.9. The van der Waals surface area contributed by atoms with Crippen LogP contribution in [0.1, 0.15) is 34.6 Å². The maximum Gasteiger partial charge on any atom is 0.253 e. The van der Waals surface area contributed by atoms with Crippen molar-refractivity contribution in [1.82, 2.24) is 19.9 Å². The molecule has 2 N–H and O–H groups in total. The Hall–Kier alpha value is -3.24. The Balaban J connectivity index is 1.30. The third-order valence-corrected chi connectivity index (χ3v) is 7.52. The Morgan fingerprint density at radius 1 is 1.21 bits per heavy atom. The molecule has 1 saturated heterocycles. The largest absolute Gasteiger partial charge is 0.357 e. The highest BCUT2D eigenvalue weighted by atomic mass is 32.2. The molecule has 0 bridgehead atoms. The van der Waals surface area contributed by atoms with Crippen LogP contribution in [0.15, 0.2) is 59.7 Å². The Labute approximate surface area is 206 Å². The molecule has 1 aliphatic heterocycles. The van der Waals surface area contributed by atoms with Gasteiger partial charge in [0, 0.05) is 48.5 Å². The minimum Gasteiger partial charge on any atom is -0.357 e. The van der Waals surface area contributed by atoms with Crippen molar-refractivity contribution in [2.24, 2.45) is 0 Å². The Bertz CT molecular complexity index is 1150. The van der Waals surface area contributed by atoms with Crippen LogP contribution in [0, 0.1) is 6.92 Å². The van der Waals surface area contributed by atoms with Crippen molar-refractivity contribution < 1.29 is 9.59 Å². The molecular weight excluding hydrogens is 468 g/mol. The van der Waals surface area contributed by atoms with Crippen LogP contribution in [-0.4, -0.2) is 50.8 Å². The van der Waals surface area contributed by atoms with Gasteiger partial charge in [0.2, 0.25) is 5.91 Å². The van der Waals surface area contributed by atoms with E-state index in [4.69, 9.17) is 0 Å². The molecule has 0 radical (unpaired) electrons. The number of benzene rings is 1. The van der Waals surface area contributed by atoms with Crippen molar-refractivity contribution in [3.05, 3.63) is 72.5 Å². The van der Waals surface area contributed by atoms with Crippen LogP contribution < -0.4 is 10.6 Å². The topological polar surface area (TPSA) is 100 Å². The SMILES string of the molecule is C=CC(=O)Nc1ccc(C(=O)N2CCC[C@@H](Nc3ncc(SCc4cnc(C)nc4)s3)C2)cc1.